The van der Waals surface area contributed by atoms with Crippen LogP contribution in [-0.2, 0) is 9.84 Å². The van der Waals surface area contributed by atoms with Gasteiger partial charge in [-0.2, -0.15) is 4.98 Å². The molecule has 1 aliphatic heterocycles. The predicted octanol–water partition coefficient (Wildman–Crippen LogP) is 3.09. The lowest BCUT2D eigenvalue weighted by atomic mass is 10.2. The molecule has 0 bridgehead atoms. The second-order valence-electron chi connectivity index (χ2n) is 6.05. The Morgan fingerprint density at radius 1 is 1.21 bits per heavy atom. The Bertz CT molecular complexity index is 870. The van der Waals surface area contributed by atoms with Gasteiger partial charge in [-0.25, -0.2) is 13.4 Å². The molecule has 8 heteroatoms. The molecule has 0 spiro atoms. The number of nitrogens with zero attached hydrogens (tertiary/aromatic N) is 2. The van der Waals surface area contributed by atoms with Crippen molar-refractivity contribution < 1.29 is 8.42 Å². The highest BCUT2D eigenvalue weighted by molar-refractivity contribution is 7.91. The summed E-state index contributed by atoms with van der Waals surface area (Å²) in [5.74, 6) is 1.43. The van der Waals surface area contributed by atoms with E-state index < -0.39 is 9.84 Å². The summed E-state index contributed by atoms with van der Waals surface area (Å²) in [6.45, 7) is 3.84. The highest BCUT2D eigenvalue weighted by Gasteiger charge is 2.28. The Kier molecular flexibility index (Phi) is 4.64. The number of hydrogen-bond donors (Lipinski definition) is 2. The topological polar surface area (TPSA) is 84.0 Å². The molecule has 1 fully saturated rings. The fourth-order valence-corrected chi connectivity index (χ4v) is 4.59. The highest BCUT2D eigenvalue weighted by atomic mass is 35.5. The summed E-state index contributed by atoms with van der Waals surface area (Å²) in [5, 5.41) is 7.06. The van der Waals surface area contributed by atoms with Crippen LogP contribution in [0.3, 0.4) is 0 Å². The fourth-order valence-electron chi connectivity index (χ4n) is 2.69. The molecule has 0 amide bonds. The van der Waals surface area contributed by atoms with Crippen LogP contribution in [0.15, 0.2) is 24.3 Å². The number of nitrogens with one attached hydrogen (secondary N) is 2. The van der Waals surface area contributed by atoms with E-state index in [1.807, 2.05) is 38.1 Å². The molecule has 2 N–H and O–H groups in total. The number of rotatable bonds is 4. The minimum atomic E-state index is -2.94. The first kappa shape index (κ1) is 17.0. The first-order valence-corrected chi connectivity index (χ1v) is 9.86. The molecule has 24 heavy (non-hydrogen) atoms. The van der Waals surface area contributed by atoms with Gasteiger partial charge in [0.05, 0.1) is 11.5 Å². The maximum absolute atomic E-state index is 11.6. The first-order valence-electron chi connectivity index (χ1n) is 7.66. The summed E-state index contributed by atoms with van der Waals surface area (Å²) in [5.41, 5.74) is 2.71. The van der Waals surface area contributed by atoms with Gasteiger partial charge in [0.15, 0.2) is 9.84 Å². The van der Waals surface area contributed by atoms with Gasteiger partial charge in [-0.1, -0.05) is 11.6 Å². The third-order valence-corrected chi connectivity index (χ3v) is 5.87. The van der Waals surface area contributed by atoms with E-state index in [9.17, 15) is 8.42 Å². The average Bonchev–Trinajstić information content (AvgIpc) is 2.80. The molecule has 128 valence electrons. The number of aryl methyl sites for hydroxylation is 2. The summed E-state index contributed by atoms with van der Waals surface area (Å²) >= 11 is 5.98. The molecule has 1 aromatic carbocycles. The zero-order chi connectivity index (χ0) is 17.3. The maximum Gasteiger partial charge on any atom is 0.225 e. The predicted molar refractivity (Wildman–Crippen MR) is 96.9 cm³/mol. The van der Waals surface area contributed by atoms with Crippen LogP contribution in [0.25, 0.3) is 0 Å². The van der Waals surface area contributed by atoms with Crippen molar-refractivity contribution in [2.75, 3.05) is 22.1 Å². The molecule has 6 nitrogen and oxygen atoms in total. The number of anilines is 3. The molecule has 1 saturated heterocycles. The molecule has 1 aliphatic rings. The van der Waals surface area contributed by atoms with Gasteiger partial charge in [0.1, 0.15) is 5.82 Å². The molecule has 3 rings (SSSR count). The van der Waals surface area contributed by atoms with E-state index in [-0.39, 0.29) is 17.5 Å². The minimum Gasteiger partial charge on any atom is -0.350 e. The van der Waals surface area contributed by atoms with E-state index >= 15 is 0 Å². The van der Waals surface area contributed by atoms with Crippen molar-refractivity contribution >= 4 is 38.9 Å². The smallest absolute Gasteiger partial charge is 0.225 e. The lowest BCUT2D eigenvalue weighted by Crippen LogP contribution is -2.22. The van der Waals surface area contributed by atoms with E-state index in [4.69, 9.17) is 11.6 Å². The van der Waals surface area contributed by atoms with Crippen molar-refractivity contribution in [1.82, 2.24) is 9.97 Å². The summed E-state index contributed by atoms with van der Waals surface area (Å²) in [6, 6.07) is 7.28. The van der Waals surface area contributed by atoms with Crippen molar-refractivity contribution in [3.8, 4) is 0 Å². The van der Waals surface area contributed by atoms with Crippen LogP contribution in [0.5, 0.6) is 0 Å². The Labute approximate surface area is 146 Å². The fraction of sp³-hybridized carbons (Fsp3) is 0.375. The zero-order valence-electron chi connectivity index (χ0n) is 13.5. The molecule has 0 aliphatic carbocycles. The number of hydrogen-bond acceptors (Lipinski definition) is 6. The number of benzene rings is 1. The van der Waals surface area contributed by atoms with E-state index in [0.29, 0.717) is 23.2 Å². The van der Waals surface area contributed by atoms with Crippen LogP contribution in [0.1, 0.15) is 17.7 Å². The molecule has 2 heterocycles. The van der Waals surface area contributed by atoms with Gasteiger partial charge in [-0.05, 0) is 44.0 Å². The Hall–Kier alpha value is -1.86. The summed E-state index contributed by atoms with van der Waals surface area (Å²) in [6.07, 6.45) is 0.582. The molecule has 0 radical (unpaired) electrons. The standard InChI is InChI=1S/C16H19ClN4O2S/c1-10-7-12(17)3-4-14(10)20-15-8-11(2)18-16(21-15)19-13-5-6-24(22,23)9-13/h3-4,7-8,13H,5-6,9H2,1-2H3,(H2,18,19,20,21). The summed E-state index contributed by atoms with van der Waals surface area (Å²) < 4.78 is 23.1. The van der Waals surface area contributed by atoms with Crippen molar-refractivity contribution in [3.05, 3.63) is 40.5 Å². The van der Waals surface area contributed by atoms with E-state index in [1.54, 1.807) is 0 Å². The SMILES string of the molecule is Cc1cc(Nc2ccc(Cl)cc2C)nc(NC2CCS(=O)(=O)C2)n1. The van der Waals surface area contributed by atoms with Gasteiger partial charge in [-0.15, -0.1) is 0 Å². The number of sulfone groups is 1. The van der Waals surface area contributed by atoms with Gasteiger partial charge in [0, 0.05) is 28.5 Å². The van der Waals surface area contributed by atoms with Crippen molar-refractivity contribution in [2.24, 2.45) is 0 Å². The minimum absolute atomic E-state index is 0.128. The Morgan fingerprint density at radius 2 is 2.00 bits per heavy atom. The molecule has 1 atom stereocenters. The Balaban J connectivity index is 1.79. The van der Waals surface area contributed by atoms with Gasteiger partial charge in [0.25, 0.3) is 0 Å². The van der Waals surface area contributed by atoms with Crippen molar-refractivity contribution in [2.45, 2.75) is 26.3 Å². The molecule has 0 saturated carbocycles. The second-order valence-corrected chi connectivity index (χ2v) is 8.71. The second kappa shape index (κ2) is 6.57. The summed E-state index contributed by atoms with van der Waals surface area (Å²) in [4.78, 5) is 8.79. The molecular formula is C16H19ClN4O2S. The Morgan fingerprint density at radius 3 is 2.67 bits per heavy atom. The third kappa shape index (κ3) is 4.15. The van der Waals surface area contributed by atoms with Crippen LogP contribution in [0.2, 0.25) is 5.02 Å². The molecular weight excluding hydrogens is 348 g/mol. The van der Waals surface area contributed by atoms with Crippen LogP contribution < -0.4 is 10.6 Å². The molecule has 1 unspecified atom stereocenters. The lowest BCUT2D eigenvalue weighted by Gasteiger charge is -2.14. The van der Waals surface area contributed by atoms with E-state index in [2.05, 4.69) is 20.6 Å². The monoisotopic (exact) mass is 366 g/mol. The third-order valence-electron chi connectivity index (χ3n) is 3.87. The van der Waals surface area contributed by atoms with Gasteiger partial charge >= 0.3 is 0 Å². The van der Waals surface area contributed by atoms with Crippen LogP contribution in [0, 0.1) is 13.8 Å². The van der Waals surface area contributed by atoms with Gasteiger partial charge in [0.2, 0.25) is 5.95 Å². The average molecular weight is 367 g/mol. The quantitative estimate of drug-likeness (QED) is 0.865. The molecule has 2 aromatic rings. The largest absolute Gasteiger partial charge is 0.350 e. The van der Waals surface area contributed by atoms with Crippen LogP contribution in [-0.4, -0.2) is 35.9 Å². The number of halogens is 1. The number of aromatic nitrogens is 2. The normalized spacial score (nSPS) is 19.2. The van der Waals surface area contributed by atoms with Crippen LogP contribution >= 0.6 is 11.6 Å². The van der Waals surface area contributed by atoms with Crippen molar-refractivity contribution in [1.29, 1.82) is 0 Å². The lowest BCUT2D eigenvalue weighted by molar-refractivity contribution is 0.602. The molecule has 1 aromatic heterocycles. The van der Waals surface area contributed by atoms with Gasteiger partial charge in [-0.3, -0.25) is 0 Å². The first-order chi connectivity index (χ1) is 11.3. The van der Waals surface area contributed by atoms with Crippen LogP contribution in [0.4, 0.5) is 17.5 Å². The maximum atomic E-state index is 11.6. The van der Waals surface area contributed by atoms with E-state index in [0.717, 1.165) is 16.9 Å². The van der Waals surface area contributed by atoms with Crippen molar-refractivity contribution in [3.63, 3.8) is 0 Å². The summed E-state index contributed by atoms with van der Waals surface area (Å²) in [7, 11) is -2.94. The van der Waals surface area contributed by atoms with E-state index in [1.165, 1.54) is 0 Å². The van der Waals surface area contributed by atoms with Gasteiger partial charge < -0.3 is 10.6 Å². The zero-order valence-corrected chi connectivity index (χ0v) is 15.1. The highest BCUT2D eigenvalue weighted by Crippen LogP contribution is 2.24.